The molecule has 0 saturated carbocycles. The zero-order valence-corrected chi connectivity index (χ0v) is 25.5. The van der Waals surface area contributed by atoms with Crippen LogP contribution in [0, 0.1) is 17.6 Å². The maximum atomic E-state index is 13.9. The molecular weight excluding hydrogens is 566 g/mol. The number of hydrogen-bond acceptors (Lipinski definition) is 7. The van der Waals surface area contributed by atoms with E-state index in [-0.39, 0.29) is 17.9 Å². The van der Waals surface area contributed by atoms with Crippen LogP contribution in [0.2, 0.25) is 0 Å². The van der Waals surface area contributed by atoms with E-state index >= 15 is 0 Å². The molecule has 0 spiro atoms. The number of amides is 4. The molecule has 1 saturated heterocycles. The van der Waals surface area contributed by atoms with Crippen molar-refractivity contribution >= 4 is 29.8 Å². The van der Waals surface area contributed by atoms with Gasteiger partial charge in [-0.15, -0.1) is 0 Å². The highest BCUT2D eigenvalue weighted by Gasteiger charge is 2.38. The molecule has 43 heavy (non-hydrogen) atoms. The van der Waals surface area contributed by atoms with Gasteiger partial charge in [-0.25, -0.2) is 23.2 Å². The van der Waals surface area contributed by atoms with E-state index in [1.165, 1.54) is 18.7 Å². The summed E-state index contributed by atoms with van der Waals surface area (Å²) in [5.74, 6) is -3.96. The highest BCUT2D eigenvalue weighted by Crippen LogP contribution is 2.20. The van der Waals surface area contributed by atoms with E-state index in [0.717, 1.165) is 44.9 Å². The number of carbonyl (C=O) groups is 5. The Hall–Kier alpha value is -3.77. The van der Waals surface area contributed by atoms with E-state index in [0.29, 0.717) is 37.9 Å². The second-order valence-electron chi connectivity index (χ2n) is 11.2. The number of carbonyl (C=O) groups excluding carboxylic acids is 5. The Morgan fingerprint density at radius 1 is 1.00 bits per heavy atom. The Bertz CT molecular complexity index is 1110. The number of ether oxygens (including phenoxy) is 2. The summed E-state index contributed by atoms with van der Waals surface area (Å²) in [6.45, 7) is 7.73. The van der Waals surface area contributed by atoms with Crippen LogP contribution < -0.4 is 16.0 Å². The summed E-state index contributed by atoms with van der Waals surface area (Å²) >= 11 is 0. The number of halogens is 2. The van der Waals surface area contributed by atoms with Crippen LogP contribution in [0.5, 0.6) is 0 Å². The third-order valence-electron chi connectivity index (χ3n) is 7.18. The van der Waals surface area contributed by atoms with Gasteiger partial charge in [0.05, 0.1) is 7.11 Å². The molecule has 0 aromatic heterocycles. The number of esters is 2. The Balaban J connectivity index is 2.14. The maximum absolute atomic E-state index is 13.9. The topological polar surface area (TPSA) is 143 Å². The normalized spacial score (nSPS) is 16.7. The van der Waals surface area contributed by atoms with Gasteiger partial charge >= 0.3 is 18.0 Å². The molecule has 13 heteroatoms. The summed E-state index contributed by atoms with van der Waals surface area (Å²) < 4.78 is 38.0. The fourth-order valence-electron chi connectivity index (χ4n) is 4.91. The summed E-state index contributed by atoms with van der Waals surface area (Å²) in [6.07, 6.45) is 3.20. The van der Waals surface area contributed by atoms with Crippen LogP contribution >= 0.6 is 0 Å². The van der Waals surface area contributed by atoms with Crippen LogP contribution in [0.1, 0.15) is 71.8 Å². The number of methoxy groups -OCH3 is 1. The molecule has 1 aromatic rings. The lowest BCUT2D eigenvalue weighted by atomic mass is 10.0. The van der Waals surface area contributed by atoms with Gasteiger partial charge in [0.25, 0.3) is 0 Å². The molecule has 1 aromatic carbocycles. The first-order chi connectivity index (χ1) is 20.3. The quantitative estimate of drug-likeness (QED) is 0.205. The van der Waals surface area contributed by atoms with Gasteiger partial charge in [-0.3, -0.25) is 9.59 Å². The van der Waals surface area contributed by atoms with Crippen molar-refractivity contribution < 1.29 is 42.2 Å². The zero-order chi connectivity index (χ0) is 32.1. The number of benzene rings is 1. The molecule has 1 aliphatic heterocycles. The van der Waals surface area contributed by atoms with Gasteiger partial charge in [0.1, 0.15) is 29.8 Å². The molecule has 4 atom stereocenters. The minimum Gasteiger partial charge on any atom is -0.467 e. The van der Waals surface area contributed by atoms with Crippen LogP contribution in [0.25, 0.3) is 0 Å². The third kappa shape index (κ3) is 11.8. The van der Waals surface area contributed by atoms with Crippen molar-refractivity contribution in [2.45, 2.75) is 96.9 Å². The van der Waals surface area contributed by atoms with Gasteiger partial charge in [0, 0.05) is 32.5 Å². The number of hydrogen-bond donors (Lipinski definition) is 3. The first-order valence-corrected chi connectivity index (χ1v) is 14.7. The fraction of sp³-hybridized carbons (Fsp3) is 0.633. The highest BCUT2D eigenvalue weighted by molar-refractivity contribution is 5.91. The molecule has 11 nitrogen and oxygen atoms in total. The smallest absolute Gasteiger partial charge is 0.332 e. The molecule has 2 rings (SSSR count). The van der Waals surface area contributed by atoms with Crippen molar-refractivity contribution in [3.63, 3.8) is 0 Å². The Kier molecular flexibility index (Phi) is 14.3. The van der Waals surface area contributed by atoms with Crippen LogP contribution in [0.3, 0.4) is 0 Å². The Morgan fingerprint density at radius 3 is 2.28 bits per heavy atom. The standard InChI is InChI=1S/C30H44F2N4O7/c1-18(2)10-7-6-8-12-33-30(41)34-24(16-21-14-22(31)17-23(32)15-21)27(38)35-26(29(40)42-5)19(3)43-28(39)25-11-9-13-36(25)20(4)37/h14-15,17-19,24-26H,6-13,16H2,1-5H3,(H,35,38)(H2,33,34,41)/t19-,24+,25?,26+/m1/s1. The summed E-state index contributed by atoms with van der Waals surface area (Å²) in [4.78, 5) is 64.8. The molecule has 240 valence electrons. The van der Waals surface area contributed by atoms with Crippen LogP contribution in [-0.2, 0) is 35.1 Å². The predicted molar refractivity (Wildman–Crippen MR) is 154 cm³/mol. The van der Waals surface area contributed by atoms with Gasteiger partial charge in [-0.1, -0.05) is 33.1 Å². The van der Waals surface area contributed by atoms with Gasteiger partial charge in [0.15, 0.2) is 6.04 Å². The van der Waals surface area contributed by atoms with Gasteiger partial charge in [0.2, 0.25) is 11.8 Å². The first-order valence-electron chi connectivity index (χ1n) is 14.7. The fourth-order valence-corrected chi connectivity index (χ4v) is 4.91. The Labute approximate surface area is 251 Å². The molecule has 1 aliphatic rings. The minimum atomic E-state index is -1.48. The number of rotatable bonds is 15. The first kappa shape index (κ1) is 35.4. The van der Waals surface area contributed by atoms with E-state index in [1.807, 2.05) is 0 Å². The van der Waals surface area contributed by atoms with E-state index < -0.39 is 59.7 Å². The van der Waals surface area contributed by atoms with Crippen molar-refractivity contribution in [2.24, 2.45) is 5.92 Å². The minimum absolute atomic E-state index is 0.0892. The third-order valence-corrected chi connectivity index (χ3v) is 7.18. The zero-order valence-electron chi connectivity index (χ0n) is 25.5. The van der Waals surface area contributed by atoms with E-state index in [9.17, 15) is 32.8 Å². The Morgan fingerprint density at radius 2 is 1.67 bits per heavy atom. The second-order valence-corrected chi connectivity index (χ2v) is 11.2. The average molecular weight is 611 g/mol. The monoisotopic (exact) mass is 610 g/mol. The van der Waals surface area contributed by atoms with Gasteiger partial charge in [-0.2, -0.15) is 0 Å². The lowest BCUT2D eigenvalue weighted by Gasteiger charge is -2.28. The van der Waals surface area contributed by atoms with Crippen LogP contribution in [0.4, 0.5) is 13.6 Å². The van der Waals surface area contributed by atoms with E-state index in [2.05, 4.69) is 29.8 Å². The molecule has 1 heterocycles. The molecule has 1 fully saturated rings. The SMILES string of the molecule is COC(=O)[C@@H](NC(=O)[C@H](Cc1cc(F)cc(F)c1)NC(=O)NCCCCCC(C)C)[C@@H](C)OC(=O)C1CCCN1C(C)=O. The van der Waals surface area contributed by atoms with Crippen molar-refractivity contribution in [2.75, 3.05) is 20.2 Å². The van der Waals surface area contributed by atoms with Crippen molar-refractivity contribution in [1.29, 1.82) is 0 Å². The number of nitrogens with zero attached hydrogens (tertiary/aromatic N) is 1. The summed E-state index contributed by atoms with van der Waals surface area (Å²) in [6, 6.07) is -1.60. The van der Waals surface area contributed by atoms with Crippen molar-refractivity contribution in [3.05, 3.63) is 35.4 Å². The van der Waals surface area contributed by atoms with Crippen LogP contribution in [0.15, 0.2) is 18.2 Å². The maximum Gasteiger partial charge on any atom is 0.332 e. The van der Waals surface area contributed by atoms with E-state index in [1.54, 1.807) is 0 Å². The highest BCUT2D eigenvalue weighted by atomic mass is 19.1. The lowest BCUT2D eigenvalue weighted by Crippen LogP contribution is -2.57. The number of urea groups is 1. The summed E-state index contributed by atoms with van der Waals surface area (Å²) in [7, 11) is 1.09. The lowest BCUT2D eigenvalue weighted by molar-refractivity contribution is -0.163. The molecule has 0 bridgehead atoms. The number of unbranched alkanes of at least 4 members (excludes halogenated alkanes) is 2. The van der Waals surface area contributed by atoms with Gasteiger partial charge in [-0.05, 0) is 49.8 Å². The molecule has 1 unspecified atom stereocenters. The average Bonchev–Trinajstić information content (AvgIpc) is 3.43. The van der Waals surface area contributed by atoms with Crippen molar-refractivity contribution in [3.8, 4) is 0 Å². The molecule has 3 N–H and O–H groups in total. The van der Waals surface area contributed by atoms with E-state index in [4.69, 9.17) is 9.47 Å². The summed E-state index contributed by atoms with van der Waals surface area (Å²) in [5, 5.41) is 7.63. The predicted octanol–water partition coefficient (Wildman–Crippen LogP) is 2.99. The molecule has 4 amide bonds. The second kappa shape index (κ2) is 17.4. The largest absolute Gasteiger partial charge is 0.467 e. The molecular formula is C30H44F2N4O7. The van der Waals surface area contributed by atoms with Crippen molar-refractivity contribution in [1.82, 2.24) is 20.9 Å². The summed E-state index contributed by atoms with van der Waals surface area (Å²) in [5.41, 5.74) is 0.0892. The number of nitrogens with one attached hydrogen (secondary N) is 3. The van der Waals surface area contributed by atoms with Gasteiger partial charge < -0.3 is 30.3 Å². The van der Waals surface area contributed by atoms with Crippen LogP contribution in [-0.4, -0.2) is 79.1 Å². The molecule has 0 aliphatic carbocycles. The molecule has 0 radical (unpaired) electrons. The number of likely N-dealkylation sites (tertiary alicyclic amines) is 1.